The van der Waals surface area contributed by atoms with Gasteiger partial charge in [-0.1, -0.05) is 83.4 Å². The van der Waals surface area contributed by atoms with Crippen LogP contribution < -0.4 is 0 Å². The van der Waals surface area contributed by atoms with Gasteiger partial charge in [0.2, 0.25) is 0 Å². The molecule has 0 unspecified atom stereocenters. The molecule has 1 aliphatic rings. The molecule has 0 aromatic heterocycles. The normalized spacial score (nSPS) is 23.9. The summed E-state index contributed by atoms with van der Waals surface area (Å²) in [5.74, 6) is 0.803. The molecule has 0 bridgehead atoms. The molecule has 144 valence electrons. The Labute approximate surface area is 160 Å². The zero-order valence-corrected chi connectivity index (χ0v) is 17.0. The molecule has 0 amide bonds. The lowest BCUT2D eigenvalue weighted by Crippen LogP contribution is -2.43. The fourth-order valence-corrected chi connectivity index (χ4v) is 4.25. The Morgan fingerprint density at radius 2 is 1.92 bits per heavy atom. The number of esters is 1. The Hall–Kier alpha value is -1.57. The first-order chi connectivity index (χ1) is 12.4. The van der Waals surface area contributed by atoms with Crippen molar-refractivity contribution in [2.75, 3.05) is 0 Å². The predicted octanol–water partition coefficient (Wildman–Crippen LogP) is 6.45. The van der Waals surface area contributed by atoms with E-state index in [0.29, 0.717) is 11.8 Å². The summed E-state index contributed by atoms with van der Waals surface area (Å²) >= 11 is 0. The third kappa shape index (κ3) is 5.72. The lowest BCUT2D eigenvalue weighted by atomic mass is 9.64. The van der Waals surface area contributed by atoms with Gasteiger partial charge in [-0.3, -0.25) is 0 Å². The molecule has 26 heavy (non-hydrogen) atoms. The molecular formula is C24H36O2. The number of ether oxygens (including phenoxy) is 1. The van der Waals surface area contributed by atoms with Crippen LogP contribution in [0.15, 0.2) is 42.5 Å². The van der Waals surface area contributed by atoms with Crippen molar-refractivity contribution in [2.45, 2.75) is 84.2 Å². The maximum absolute atomic E-state index is 12.4. The molecule has 0 heterocycles. The third-order valence-electron chi connectivity index (χ3n) is 5.99. The van der Waals surface area contributed by atoms with E-state index >= 15 is 0 Å². The van der Waals surface area contributed by atoms with Crippen molar-refractivity contribution in [1.29, 1.82) is 0 Å². The molecule has 0 N–H and O–H groups in total. The molecule has 2 rings (SSSR count). The van der Waals surface area contributed by atoms with Gasteiger partial charge in [0.05, 0.1) is 0 Å². The molecular weight excluding hydrogens is 320 g/mol. The Morgan fingerprint density at radius 3 is 2.62 bits per heavy atom. The first kappa shape index (κ1) is 20.7. The van der Waals surface area contributed by atoms with Crippen molar-refractivity contribution in [3.8, 4) is 0 Å². The van der Waals surface area contributed by atoms with E-state index in [1.165, 1.54) is 24.8 Å². The van der Waals surface area contributed by atoms with Gasteiger partial charge in [-0.15, -0.1) is 0 Å². The Bertz CT molecular complexity index is 573. The van der Waals surface area contributed by atoms with E-state index < -0.39 is 0 Å². The van der Waals surface area contributed by atoms with Crippen LogP contribution >= 0.6 is 0 Å². The van der Waals surface area contributed by atoms with E-state index in [0.717, 1.165) is 25.7 Å². The summed E-state index contributed by atoms with van der Waals surface area (Å²) < 4.78 is 5.96. The SMILES string of the molecule is CCCCC/C=C/C(=O)O[C@@H]1C[C@H](C)CC[C@H]1C(C)(C)c1ccccc1. The number of hydrogen-bond acceptors (Lipinski definition) is 2. The van der Waals surface area contributed by atoms with Gasteiger partial charge >= 0.3 is 5.97 Å². The standard InChI is InChI=1S/C24H36O2/c1-5-6-7-8-12-15-23(25)26-22-18-19(2)16-17-21(22)24(3,4)20-13-10-9-11-14-20/h9-15,19,21-22H,5-8,16-18H2,1-4H3/b15-12+/t19-,21-,22-/m1/s1. The van der Waals surface area contributed by atoms with Crippen molar-refractivity contribution >= 4 is 5.97 Å². The smallest absolute Gasteiger partial charge is 0.330 e. The highest BCUT2D eigenvalue weighted by molar-refractivity contribution is 5.82. The maximum Gasteiger partial charge on any atom is 0.330 e. The molecule has 3 atom stereocenters. The average Bonchev–Trinajstić information content (AvgIpc) is 2.62. The van der Waals surface area contributed by atoms with Crippen LogP contribution in [-0.2, 0) is 14.9 Å². The molecule has 2 heteroatoms. The summed E-state index contributed by atoms with van der Waals surface area (Å²) in [5.41, 5.74) is 1.33. The number of rotatable bonds is 8. The van der Waals surface area contributed by atoms with Crippen LogP contribution in [-0.4, -0.2) is 12.1 Å². The van der Waals surface area contributed by atoms with Gasteiger partial charge in [-0.05, 0) is 42.6 Å². The zero-order chi connectivity index (χ0) is 19.0. The summed E-state index contributed by atoms with van der Waals surface area (Å²) in [7, 11) is 0. The van der Waals surface area contributed by atoms with E-state index in [2.05, 4.69) is 58.0 Å². The summed E-state index contributed by atoms with van der Waals surface area (Å²) in [5, 5.41) is 0. The van der Waals surface area contributed by atoms with E-state index in [9.17, 15) is 4.79 Å². The molecule has 0 spiro atoms. The van der Waals surface area contributed by atoms with Crippen LogP contribution in [0.1, 0.15) is 78.2 Å². The minimum atomic E-state index is -0.172. The van der Waals surface area contributed by atoms with Crippen LogP contribution in [0.3, 0.4) is 0 Å². The largest absolute Gasteiger partial charge is 0.459 e. The number of carbonyl (C=O) groups is 1. The molecule has 1 fully saturated rings. The number of allylic oxidation sites excluding steroid dienone is 1. The lowest BCUT2D eigenvalue weighted by molar-refractivity contribution is -0.150. The van der Waals surface area contributed by atoms with E-state index in [1.807, 2.05) is 6.08 Å². The van der Waals surface area contributed by atoms with Crippen LogP contribution in [0.4, 0.5) is 0 Å². The van der Waals surface area contributed by atoms with Gasteiger partial charge in [0.1, 0.15) is 6.10 Å². The molecule has 0 radical (unpaired) electrons. The third-order valence-corrected chi connectivity index (χ3v) is 5.99. The van der Waals surface area contributed by atoms with Crippen LogP contribution in [0, 0.1) is 11.8 Å². The fraction of sp³-hybridized carbons (Fsp3) is 0.625. The highest BCUT2D eigenvalue weighted by Gasteiger charge is 2.41. The van der Waals surface area contributed by atoms with E-state index in [4.69, 9.17) is 4.74 Å². The molecule has 1 aromatic rings. The van der Waals surface area contributed by atoms with Gasteiger partial charge in [0.25, 0.3) is 0 Å². The first-order valence-electron chi connectivity index (χ1n) is 10.4. The highest BCUT2D eigenvalue weighted by Crippen LogP contribution is 2.43. The Morgan fingerprint density at radius 1 is 1.19 bits per heavy atom. The molecule has 0 aliphatic heterocycles. The van der Waals surface area contributed by atoms with Crippen LogP contribution in [0.2, 0.25) is 0 Å². The maximum atomic E-state index is 12.4. The average molecular weight is 357 g/mol. The second-order valence-corrected chi connectivity index (χ2v) is 8.49. The van der Waals surface area contributed by atoms with Crippen molar-refractivity contribution in [3.63, 3.8) is 0 Å². The van der Waals surface area contributed by atoms with Gasteiger partial charge in [0.15, 0.2) is 0 Å². The van der Waals surface area contributed by atoms with E-state index in [-0.39, 0.29) is 17.5 Å². The number of hydrogen-bond donors (Lipinski definition) is 0. The Balaban J connectivity index is 2.04. The van der Waals surface area contributed by atoms with Crippen molar-refractivity contribution in [3.05, 3.63) is 48.0 Å². The molecule has 2 nitrogen and oxygen atoms in total. The van der Waals surface area contributed by atoms with Crippen molar-refractivity contribution in [2.24, 2.45) is 11.8 Å². The van der Waals surface area contributed by atoms with Gasteiger partial charge < -0.3 is 4.74 Å². The van der Waals surface area contributed by atoms with Gasteiger partial charge in [0, 0.05) is 12.0 Å². The quantitative estimate of drug-likeness (QED) is 0.304. The summed E-state index contributed by atoms with van der Waals surface area (Å²) in [6, 6.07) is 10.7. The monoisotopic (exact) mass is 356 g/mol. The van der Waals surface area contributed by atoms with Crippen LogP contribution in [0.5, 0.6) is 0 Å². The van der Waals surface area contributed by atoms with E-state index in [1.54, 1.807) is 6.08 Å². The molecule has 1 saturated carbocycles. The fourth-order valence-electron chi connectivity index (χ4n) is 4.25. The molecule has 1 aromatic carbocycles. The predicted molar refractivity (Wildman–Crippen MR) is 109 cm³/mol. The second kappa shape index (κ2) is 9.94. The number of carbonyl (C=O) groups excluding carboxylic acids is 1. The second-order valence-electron chi connectivity index (χ2n) is 8.49. The molecule has 0 saturated heterocycles. The summed E-state index contributed by atoms with van der Waals surface area (Å²) in [6.45, 7) is 9.05. The first-order valence-corrected chi connectivity index (χ1v) is 10.4. The lowest BCUT2D eigenvalue weighted by Gasteiger charge is -2.43. The van der Waals surface area contributed by atoms with Crippen molar-refractivity contribution < 1.29 is 9.53 Å². The number of benzene rings is 1. The van der Waals surface area contributed by atoms with Crippen molar-refractivity contribution in [1.82, 2.24) is 0 Å². The van der Waals surface area contributed by atoms with Gasteiger partial charge in [-0.2, -0.15) is 0 Å². The van der Waals surface area contributed by atoms with Crippen LogP contribution in [0.25, 0.3) is 0 Å². The zero-order valence-electron chi connectivity index (χ0n) is 17.0. The summed E-state index contributed by atoms with van der Waals surface area (Å²) in [6.07, 6.45) is 11.4. The minimum Gasteiger partial charge on any atom is -0.459 e. The molecule has 1 aliphatic carbocycles. The number of unbranched alkanes of at least 4 members (excludes halogenated alkanes) is 3. The highest BCUT2D eigenvalue weighted by atomic mass is 16.5. The topological polar surface area (TPSA) is 26.3 Å². The minimum absolute atomic E-state index is 0.00162. The summed E-state index contributed by atoms with van der Waals surface area (Å²) in [4.78, 5) is 12.4. The van der Waals surface area contributed by atoms with Gasteiger partial charge in [-0.25, -0.2) is 4.79 Å². The Kier molecular flexibility index (Phi) is 7.93.